The first-order chi connectivity index (χ1) is 12.4. The summed E-state index contributed by atoms with van der Waals surface area (Å²) in [5, 5.41) is 0. The minimum atomic E-state index is -3.60. The zero-order valence-corrected chi connectivity index (χ0v) is 16.3. The summed E-state index contributed by atoms with van der Waals surface area (Å²) in [6.07, 6.45) is 1.48. The molecule has 0 unspecified atom stereocenters. The van der Waals surface area contributed by atoms with Gasteiger partial charge in [-0.05, 0) is 37.1 Å². The van der Waals surface area contributed by atoms with E-state index in [1.807, 2.05) is 0 Å². The maximum absolute atomic E-state index is 12.4. The van der Waals surface area contributed by atoms with Gasteiger partial charge >= 0.3 is 0 Å². The van der Waals surface area contributed by atoms with Crippen molar-refractivity contribution in [1.82, 2.24) is 4.72 Å². The van der Waals surface area contributed by atoms with Crippen molar-refractivity contribution in [2.24, 2.45) is 0 Å². The molecule has 2 aliphatic rings. The molecule has 2 fully saturated rings. The lowest BCUT2D eigenvalue weighted by atomic mass is 10.3. The molecule has 2 saturated heterocycles. The molecule has 146 valence electrons. The average molecular weight is 405 g/mol. The number of morpholine rings is 1. The lowest BCUT2D eigenvalue weighted by Gasteiger charge is -2.28. The van der Waals surface area contributed by atoms with Crippen molar-refractivity contribution in [2.45, 2.75) is 17.7 Å². The summed E-state index contributed by atoms with van der Waals surface area (Å²) in [6.45, 7) is 4.72. The number of sulfonamides is 2. The van der Waals surface area contributed by atoms with Gasteiger partial charge in [-0.2, -0.15) is 0 Å². The number of quaternary nitrogens is 1. The molecule has 2 N–H and O–H groups in total. The first-order valence-corrected chi connectivity index (χ1v) is 12.0. The topological polar surface area (TPSA) is 97.2 Å². The fourth-order valence-electron chi connectivity index (χ4n) is 3.23. The van der Waals surface area contributed by atoms with Gasteiger partial charge in [-0.25, -0.2) is 21.6 Å². The molecule has 1 aromatic carbocycles. The molecule has 0 bridgehead atoms. The zero-order chi connectivity index (χ0) is 18.6. The van der Waals surface area contributed by atoms with Crippen molar-refractivity contribution >= 4 is 25.7 Å². The Hall–Kier alpha value is -1.20. The molecule has 0 atom stereocenters. The second-order valence-electron chi connectivity index (χ2n) is 6.60. The van der Waals surface area contributed by atoms with E-state index in [9.17, 15) is 16.8 Å². The second kappa shape index (κ2) is 8.22. The lowest BCUT2D eigenvalue weighted by molar-refractivity contribution is -0.906. The van der Waals surface area contributed by atoms with Crippen LogP contribution in [0.1, 0.15) is 12.8 Å². The van der Waals surface area contributed by atoms with Gasteiger partial charge in [0.05, 0.1) is 42.6 Å². The summed E-state index contributed by atoms with van der Waals surface area (Å²) < 4.78 is 58.4. The maximum atomic E-state index is 12.4. The molecule has 0 spiro atoms. The van der Waals surface area contributed by atoms with Crippen molar-refractivity contribution < 1.29 is 26.5 Å². The van der Waals surface area contributed by atoms with Crippen LogP contribution in [0.25, 0.3) is 0 Å². The summed E-state index contributed by atoms with van der Waals surface area (Å²) >= 11 is 0. The predicted octanol–water partition coefficient (Wildman–Crippen LogP) is -1.19. The highest BCUT2D eigenvalue weighted by Gasteiger charge is 2.26. The monoisotopic (exact) mass is 404 g/mol. The van der Waals surface area contributed by atoms with Crippen molar-refractivity contribution in [1.29, 1.82) is 0 Å². The molecule has 10 heteroatoms. The number of benzene rings is 1. The van der Waals surface area contributed by atoms with Gasteiger partial charge in [0, 0.05) is 6.54 Å². The second-order valence-corrected chi connectivity index (χ2v) is 10.4. The fraction of sp³-hybridized carbons (Fsp3) is 0.625. The van der Waals surface area contributed by atoms with Gasteiger partial charge in [0.1, 0.15) is 13.1 Å². The van der Waals surface area contributed by atoms with E-state index in [1.165, 1.54) is 21.3 Å². The molecular weight excluding hydrogens is 378 g/mol. The third-order valence-electron chi connectivity index (χ3n) is 4.75. The molecule has 2 heterocycles. The molecule has 0 aliphatic carbocycles. The minimum absolute atomic E-state index is 0.137. The fourth-order valence-corrected chi connectivity index (χ4v) is 5.90. The van der Waals surface area contributed by atoms with Gasteiger partial charge in [-0.1, -0.05) is 0 Å². The number of ether oxygens (including phenoxy) is 1. The Morgan fingerprint density at radius 3 is 2.46 bits per heavy atom. The van der Waals surface area contributed by atoms with E-state index >= 15 is 0 Å². The van der Waals surface area contributed by atoms with Crippen LogP contribution in [0.2, 0.25) is 0 Å². The van der Waals surface area contributed by atoms with Crippen LogP contribution >= 0.6 is 0 Å². The zero-order valence-electron chi connectivity index (χ0n) is 14.7. The molecule has 0 aromatic heterocycles. The molecule has 0 saturated carbocycles. The minimum Gasteiger partial charge on any atom is -0.370 e. The summed E-state index contributed by atoms with van der Waals surface area (Å²) in [7, 11) is -6.90. The van der Waals surface area contributed by atoms with Crippen LogP contribution < -0.4 is 13.9 Å². The molecule has 1 aromatic rings. The van der Waals surface area contributed by atoms with Gasteiger partial charge in [0.15, 0.2) is 0 Å². The average Bonchev–Trinajstić information content (AvgIpc) is 2.62. The van der Waals surface area contributed by atoms with Gasteiger partial charge in [-0.15, -0.1) is 0 Å². The van der Waals surface area contributed by atoms with Crippen molar-refractivity contribution in [3.63, 3.8) is 0 Å². The quantitative estimate of drug-likeness (QED) is 0.622. The largest absolute Gasteiger partial charge is 0.370 e. The van der Waals surface area contributed by atoms with Crippen molar-refractivity contribution in [2.75, 3.05) is 56.0 Å². The van der Waals surface area contributed by atoms with Crippen LogP contribution in [-0.2, 0) is 24.8 Å². The highest BCUT2D eigenvalue weighted by molar-refractivity contribution is 7.92. The predicted molar refractivity (Wildman–Crippen MR) is 98.4 cm³/mol. The van der Waals surface area contributed by atoms with Crippen LogP contribution in [0.15, 0.2) is 29.2 Å². The normalized spacial score (nSPS) is 21.6. The summed E-state index contributed by atoms with van der Waals surface area (Å²) in [4.78, 5) is 1.47. The Morgan fingerprint density at radius 2 is 1.81 bits per heavy atom. The number of hydrogen-bond acceptors (Lipinski definition) is 5. The molecule has 0 amide bonds. The molecule has 26 heavy (non-hydrogen) atoms. The highest BCUT2D eigenvalue weighted by atomic mass is 32.2. The van der Waals surface area contributed by atoms with Gasteiger partial charge in [0.2, 0.25) is 20.0 Å². The van der Waals surface area contributed by atoms with E-state index in [4.69, 9.17) is 4.74 Å². The number of anilines is 1. The number of nitrogens with zero attached hydrogens (tertiary/aromatic N) is 1. The van der Waals surface area contributed by atoms with Crippen LogP contribution in [0.4, 0.5) is 5.69 Å². The molecule has 8 nitrogen and oxygen atoms in total. The van der Waals surface area contributed by atoms with Crippen LogP contribution in [-0.4, -0.2) is 68.5 Å². The number of hydrogen-bond donors (Lipinski definition) is 2. The van der Waals surface area contributed by atoms with E-state index in [0.29, 0.717) is 45.0 Å². The highest BCUT2D eigenvalue weighted by Crippen LogP contribution is 2.24. The van der Waals surface area contributed by atoms with Crippen LogP contribution in [0.5, 0.6) is 0 Å². The van der Waals surface area contributed by atoms with Gasteiger partial charge in [-0.3, -0.25) is 4.31 Å². The Morgan fingerprint density at radius 1 is 1.12 bits per heavy atom. The van der Waals surface area contributed by atoms with E-state index in [0.717, 1.165) is 19.5 Å². The summed E-state index contributed by atoms with van der Waals surface area (Å²) in [5.41, 5.74) is 0.515. The maximum Gasteiger partial charge on any atom is 0.240 e. The smallest absolute Gasteiger partial charge is 0.240 e. The third kappa shape index (κ3) is 4.74. The first kappa shape index (κ1) is 19.6. The standard InChI is InChI=1S/C16H25N3O5S2/c20-25(21)14-2-1-8-19(25)15-3-5-16(6-4-15)26(22,23)17-7-9-18-10-12-24-13-11-18/h3-6,17H,1-2,7-14H2/p+1. The Balaban J connectivity index is 1.61. The molecule has 3 rings (SSSR count). The number of nitrogens with one attached hydrogen (secondary N) is 2. The molecule has 2 aliphatic heterocycles. The van der Waals surface area contributed by atoms with E-state index in [2.05, 4.69) is 4.72 Å². The van der Waals surface area contributed by atoms with Crippen LogP contribution in [0, 0.1) is 0 Å². The lowest BCUT2D eigenvalue weighted by Crippen LogP contribution is -3.14. The van der Waals surface area contributed by atoms with Gasteiger partial charge < -0.3 is 9.64 Å². The van der Waals surface area contributed by atoms with E-state index in [1.54, 1.807) is 12.1 Å². The molecular formula is C16H26N3O5S2+. The van der Waals surface area contributed by atoms with Gasteiger partial charge in [0.25, 0.3) is 0 Å². The summed E-state index contributed by atoms with van der Waals surface area (Å²) in [6, 6.07) is 6.04. The van der Waals surface area contributed by atoms with E-state index in [-0.39, 0.29) is 10.6 Å². The van der Waals surface area contributed by atoms with Crippen molar-refractivity contribution in [3.05, 3.63) is 24.3 Å². The Kier molecular flexibility index (Phi) is 6.18. The molecule has 0 radical (unpaired) electrons. The van der Waals surface area contributed by atoms with E-state index < -0.39 is 20.0 Å². The Labute approximate surface area is 155 Å². The third-order valence-corrected chi connectivity index (χ3v) is 8.10. The first-order valence-electron chi connectivity index (χ1n) is 8.90. The number of rotatable bonds is 6. The van der Waals surface area contributed by atoms with Crippen LogP contribution in [0.3, 0.4) is 0 Å². The summed E-state index contributed by atoms with van der Waals surface area (Å²) in [5.74, 6) is 0.137. The van der Waals surface area contributed by atoms with Crippen molar-refractivity contribution in [3.8, 4) is 0 Å². The SMILES string of the molecule is O=S(=O)(NCC[NH+]1CCOCC1)c1ccc(N2CCCCS2(=O)=O)cc1. The Bertz CT molecular complexity index is 803.